The number of benzene rings is 1. The third-order valence-corrected chi connectivity index (χ3v) is 4.82. The largest absolute Gasteiger partial charge is 0.390 e. The monoisotopic (exact) mass is 289 g/mol. The number of aliphatic hydroxyl groups is 1. The van der Waals surface area contributed by atoms with Crippen molar-refractivity contribution in [1.82, 2.24) is 5.32 Å². The zero-order valence-electron chi connectivity index (χ0n) is 13.0. The van der Waals surface area contributed by atoms with Gasteiger partial charge in [0.2, 0.25) is 0 Å². The van der Waals surface area contributed by atoms with Gasteiger partial charge in [0.1, 0.15) is 0 Å². The molecule has 1 aromatic carbocycles. The Morgan fingerprint density at radius 2 is 2.14 bits per heavy atom. The fourth-order valence-electron chi connectivity index (χ4n) is 3.76. The Labute approximate surface area is 127 Å². The number of hydrogen-bond acceptors (Lipinski definition) is 3. The molecule has 0 amide bonds. The Bertz CT molecular complexity index is 466. The average molecular weight is 289 g/mol. The highest BCUT2D eigenvalue weighted by atomic mass is 16.5. The average Bonchev–Trinajstić information content (AvgIpc) is 2.48. The second-order valence-electron chi connectivity index (χ2n) is 6.86. The quantitative estimate of drug-likeness (QED) is 0.895. The van der Waals surface area contributed by atoms with Crippen molar-refractivity contribution in [2.24, 2.45) is 0 Å². The molecule has 2 aliphatic heterocycles. The van der Waals surface area contributed by atoms with Gasteiger partial charge in [0.15, 0.2) is 0 Å². The van der Waals surface area contributed by atoms with Crippen LogP contribution in [-0.4, -0.2) is 29.9 Å². The zero-order chi connectivity index (χ0) is 14.7. The minimum absolute atomic E-state index is 0.0357. The van der Waals surface area contributed by atoms with Gasteiger partial charge in [0, 0.05) is 12.5 Å². The van der Waals surface area contributed by atoms with Crippen LogP contribution in [0.15, 0.2) is 24.3 Å². The van der Waals surface area contributed by atoms with Crippen molar-refractivity contribution in [3.05, 3.63) is 35.4 Å². The van der Waals surface area contributed by atoms with Gasteiger partial charge in [-0.15, -0.1) is 0 Å². The maximum atomic E-state index is 10.8. The van der Waals surface area contributed by atoms with E-state index in [0.717, 1.165) is 26.0 Å². The van der Waals surface area contributed by atoms with Crippen LogP contribution in [0.25, 0.3) is 0 Å². The number of fused-ring (bicyclic) bond motifs is 1. The van der Waals surface area contributed by atoms with E-state index in [2.05, 4.69) is 29.6 Å². The number of hydrogen-bond donors (Lipinski definition) is 2. The van der Waals surface area contributed by atoms with Crippen molar-refractivity contribution < 1.29 is 9.84 Å². The van der Waals surface area contributed by atoms with Gasteiger partial charge >= 0.3 is 0 Å². The molecule has 3 unspecified atom stereocenters. The van der Waals surface area contributed by atoms with Gasteiger partial charge < -0.3 is 15.2 Å². The van der Waals surface area contributed by atoms with Gasteiger partial charge in [0.25, 0.3) is 0 Å². The molecule has 2 heterocycles. The first kappa shape index (κ1) is 15.0. The van der Waals surface area contributed by atoms with Crippen LogP contribution < -0.4 is 5.32 Å². The maximum absolute atomic E-state index is 10.8. The molecule has 0 saturated carbocycles. The van der Waals surface area contributed by atoms with E-state index in [1.807, 2.05) is 6.92 Å². The highest BCUT2D eigenvalue weighted by Crippen LogP contribution is 2.35. The topological polar surface area (TPSA) is 41.5 Å². The molecule has 2 N–H and O–H groups in total. The summed E-state index contributed by atoms with van der Waals surface area (Å²) in [5.41, 5.74) is 1.96. The van der Waals surface area contributed by atoms with Crippen LogP contribution in [-0.2, 0) is 11.2 Å². The summed E-state index contributed by atoms with van der Waals surface area (Å²) in [5.74, 6) is 0. The van der Waals surface area contributed by atoms with Gasteiger partial charge in [-0.25, -0.2) is 0 Å². The first-order chi connectivity index (χ1) is 10.1. The molecule has 2 aliphatic rings. The van der Waals surface area contributed by atoms with E-state index >= 15 is 0 Å². The van der Waals surface area contributed by atoms with E-state index in [1.54, 1.807) is 0 Å². The molecule has 0 bridgehead atoms. The van der Waals surface area contributed by atoms with Crippen LogP contribution in [0.3, 0.4) is 0 Å². The Hall–Kier alpha value is -0.900. The summed E-state index contributed by atoms with van der Waals surface area (Å²) >= 11 is 0. The normalized spacial score (nSPS) is 28.7. The molecule has 1 fully saturated rings. The molecule has 3 rings (SSSR count). The van der Waals surface area contributed by atoms with Crippen LogP contribution in [0, 0.1) is 0 Å². The summed E-state index contributed by atoms with van der Waals surface area (Å²) in [7, 11) is 0. The minimum atomic E-state index is -0.676. The molecule has 3 heteroatoms. The zero-order valence-corrected chi connectivity index (χ0v) is 13.0. The second kappa shape index (κ2) is 6.47. The van der Waals surface area contributed by atoms with Gasteiger partial charge in [0.05, 0.1) is 18.3 Å². The lowest BCUT2D eigenvalue weighted by Gasteiger charge is -2.35. The molecular formula is C18H27NO2. The third kappa shape index (κ3) is 3.85. The lowest BCUT2D eigenvalue weighted by molar-refractivity contribution is -0.0457. The molecule has 1 aromatic rings. The van der Waals surface area contributed by atoms with Crippen LogP contribution in [0.2, 0.25) is 0 Å². The summed E-state index contributed by atoms with van der Waals surface area (Å²) in [6.45, 7) is 3.81. The van der Waals surface area contributed by atoms with Gasteiger partial charge in [-0.3, -0.25) is 0 Å². The predicted molar refractivity (Wildman–Crippen MR) is 84.3 cm³/mol. The highest BCUT2D eigenvalue weighted by Gasteiger charge is 2.32. The summed E-state index contributed by atoms with van der Waals surface area (Å²) in [4.78, 5) is 0. The van der Waals surface area contributed by atoms with E-state index in [9.17, 15) is 5.11 Å². The molecule has 1 saturated heterocycles. The van der Waals surface area contributed by atoms with Crippen LogP contribution >= 0.6 is 0 Å². The van der Waals surface area contributed by atoms with E-state index in [0.29, 0.717) is 12.5 Å². The summed E-state index contributed by atoms with van der Waals surface area (Å²) in [5, 5.41) is 14.4. The fraction of sp³-hybridized carbons (Fsp3) is 0.667. The van der Waals surface area contributed by atoms with E-state index in [1.165, 1.54) is 30.4 Å². The van der Waals surface area contributed by atoms with Crippen LogP contribution in [0.4, 0.5) is 0 Å². The highest BCUT2D eigenvalue weighted by molar-refractivity contribution is 5.31. The minimum Gasteiger partial charge on any atom is -0.390 e. The SMILES string of the molecule is CC(O)(CC1CCCCN1)CC1OCCc2ccccc21. The fourth-order valence-corrected chi connectivity index (χ4v) is 3.76. The van der Waals surface area contributed by atoms with Crippen LogP contribution in [0.5, 0.6) is 0 Å². The van der Waals surface area contributed by atoms with Gasteiger partial charge in [-0.2, -0.15) is 0 Å². The molecular weight excluding hydrogens is 262 g/mol. The van der Waals surface area contributed by atoms with Crippen LogP contribution in [0.1, 0.15) is 56.3 Å². The summed E-state index contributed by atoms with van der Waals surface area (Å²) in [6, 6.07) is 8.94. The number of piperidine rings is 1. The molecule has 0 radical (unpaired) electrons. The standard InChI is InChI=1S/C18H27NO2/c1-18(20,12-15-7-4-5-10-19-15)13-17-16-8-3-2-6-14(16)9-11-21-17/h2-3,6,8,15,17,19-20H,4-5,7,9-13H2,1H3. The molecule has 0 aromatic heterocycles. The summed E-state index contributed by atoms with van der Waals surface area (Å²) in [6.07, 6.45) is 6.23. The number of nitrogens with one attached hydrogen (secondary N) is 1. The van der Waals surface area contributed by atoms with E-state index in [4.69, 9.17) is 4.74 Å². The molecule has 0 spiro atoms. The molecule has 0 aliphatic carbocycles. The van der Waals surface area contributed by atoms with Crippen molar-refractivity contribution in [3.63, 3.8) is 0 Å². The van der Waals surface area contributed by atoms with Gasteiger partial charge in [-0.05, 0) is 50.3 Å². The second-order valence-corrected chi connectivity index (χ2v) is 6.86. The van der Waals surface area contributed by atoms with Crippen molar-refractivity contribution in [2.75, 3.05) is 13.2 Å². The maximum Gasteiger partial charge on any atom is 0.0855 e. The Morgan fingerprint density at radius 1 is 1.29 bits per heavy atom. The van der Waals surface area contributed by atoms with Crippen molar-refractivity contribution >= 4 is 0 Å². The molecule has 3 atom stereocenters. The van der Waals surface area contributed by atoms with E-state index < -0.39 is 5.60 Å². The van der Waals surface area contributed by atoms with Crippen molar-refractivity contribution in [3.8, 4) is 0 Å². The summed E-state index contributed by atoms with van der Waals surface area (Å²) < 4.78 is 5.95. The predicted octanol–water partition coefficient (Wildman–Crippen LogP) is 2.97. The number of ether oxygens (including phenoxy) is 1. The van der Waals surface area contributed by atoms with Crippen molar-refractivity contribution in [2.45, 2.75) is 63.2 Å². The third-order valence-electron chi connectivity index (χ3n) is 4.82. The Kier molecular flexibility index (Phi) is 4.63. The Morgan fingerprint density at radius 3 is 2.95 bits per heavy atom. The van der Waals surface area contributed by atoms with Crippen molar-refractivity contribution in [1.29, 1.82) is 0 Å². The molecule has 21 heavy (non-hydrogen) atoms. The Balaban J connectivity index is 1.65. The number of rotatable bonds is 4. The lowest BCUT2D eigenvalue weighted by Crippen LogP contribution is -2.42. The molecule has 3 nitrogen and oxygen atoms in total. The first-order valence-corrected chi connectivity index (χ1v) is 8.29. The lowest BCUT2D eigenvalue weighted by atomic mass is 9.84. The van der Waals surface area contributed by atoms with E-state index in [-0.39, 0.29) is 6.10 Å². The smallest absolute Gasteiger partial charge is 0.0855 e. The van der Waals surface area contributed by atoms with Gasteiger partial charge in [-0.1, -0.05) is 30.7 Å². The first-order valence-electron chi connectivity index (χ1n) is 8.29. The molecule has 116 valence electrons.